The molecule has 0 aromatic heterocycles. The lowest BCUT2D eigenvalue weighted by molar-refractivity contribution is -0.147. The van der Waals surface area contributed by atoms with Crippen LogP contribution in [0.4, 0.5) is 5.69 Å². The van der Waals surface area contributed by atoms with Crippen LogP contribution in [0, 0.1) is 11.8 Å². The van der Waals surface area contributed by atoms with Crippen molar-refractivity contribution in [2.45, 2.75) is 25.0 Å². The second-order valence-corrected chi connectivity index (χ2v) is 6.09. The Hall–Kier alpha value is -1.40. The lowest BCUT2D eigenvalue weighted by Gasteiger charge is -2.23. The zero-order valence-electron chi connectivity index (χ0n) is 10.6. The number of aliphatic carboxylic acids is 1. The first kappa shape index (κ1) is 13.6. The van der Waals surface area contributed by atoms with E-state index in [0.717, 1.165) is 17.3 Å². The van der Waals surface area contributed by atoms with Gasteiger partial charge in [-0.3, -0.25) is 9.59 Å². The maximum atomic E-state index is 12.3. The van der Waals surface area contributed by atoms with Gasteiger partial charge >= 0.3 is 5.97 Å². The first-order valence-electron chi connectivity index (χ1n) is 6.51. The molecule has 2 N–H and O–H groups in total. The van der Waals surface area contributed by atoms with E-state index in [1.54, 1.807) is 12.1 Å². The second-order valence-electron chi connectivity index (χ2n) is 5.18. The highest BCUT2D eigenvalue weighted by atomic mass is 79.9. The molecule has 106 valence electrons. The van der Waals surface area contributed by atoms with Gasteiger partial charge in [0.15, 0.2) is 0 Å². The summed E-state index contributed by atoms with van der Waals surface area (Å²) in [5.74, 6) is -2.56. The molecule has 2 saturated heterocycles. The number of carbonyl (C=O) groups excluding carboxylic acids is 1. The molecule has 2 bridgehead atoms. The molecule has 5 nitrogen and oxygen atoms in total. The molecule has 0 aliphatic carbocycles. The molecular formula is C14H14BrNO4. The lowest BCUT2D eigenvalue weighted by Crippen LogP contribution is -2.40. The van der Waals surface area contributed by atoms with Gasteiger partial charge in [-0.05, 0) is 37.1 Å². The lowest BCUT2D eigenvalue weighted by atomic mass is 9.78. The molecule has 1 amide bonds. The SMILES string of the molecule is O=C(O)C1C(C(=O)Nc2ccc(Br)cc2)[C@H]2CC[C@@H]1O2. The van der Waals surface area contributed by atoms with E-state index in [1.165, 1.54) is 0 Å². The van der Waals surface area contributed by atoms with E-state index in [0.29, 0.717) is 5.69 Å². The molecule has 2 fully saturated rings. The molecule has 1 aromatic carbocycles. The molecule has 6 heteroatoms. The van der Waals surface area contributed by atoms with Crippen LogP contribution in [0.25, 0.3) is 0 Å². The number of benzene rings is 1. The maximum Gasteiger partial charge on any atom is 0.310 e. The summed E-state index contributed by atoms with van der Waals surface area (Å²) >= 11 is 3.32. The van der Waals surface area contributed by atoms with E-state index in [9.17, 15) is 14.7 Å². The Morgan fingerprint density at radius 1 is 1.15 bits per heavy atom. The second kappa shape index (κ2) is 5.18. The van der Waals surface area contributed by atoms with Crippen molar-refractivity contribution in [2.24, 2.45) is 11.8 Å². The number of carboxylic acids is 1. The highest BCUT2D eigenvalue weighted by Gasteiger charge is 2.55. The third-order valence-corrected chi connectivity index (χ3v) is 4.50. The minimum absolute atomic E-state index is 0.267. The number of carbonyl (C=O) groups is 2. The number of fused-ring (bicyclic) bond motifs is 2. The normalized spacial score (nSPS) is 31.2. The molecular weight excluding hydrogens is 326 g/mol. The quantitative estimate of drug-likeness (QED) is 0.885. The van der Waals surface area contributed by atoms with Crippen LogP contribution < -0.4 is 5.32 Å². The number of hydrogen-bond acceptors (Lipinski definition) is 3. The van der Waals surface area contributed by atoms with Crippen LogP contribution >= 0.6 is 15.9 Å². The fourth-order valence-electron chi connectivity index (χ4n) is 3.08. The summed E-state index contributed by atoms with van der Waals surface area (Å²) in [6.07, 6.45) is 0.894. The Morgan fingerprint density at radius 3 is 2.35 bits per heavy atom. The molecule has 2 unspecified atom stereocenters. The summed E-state index contributed by atoms with van der Waals surface area (Å²) in [7, 11) is 0. The molecule has 0 saturated carbocycles. The van der Waals surface area contributed by atoms with Crippen LogP contribution in [-0.4, -0.2) is 29.2 Å². The fraction of sp³-hybridized carbons (Fsp3) is 0.429. The van der Waals surface area contributed by atoms with Crippen molar-refractivity contribution < 1.29 is 19.4 Å². The van der Waals surface area contributed by atoms with Crippen molar-refractivity contribution in [1.82, 2.24) is 0 Å². The number of halogens is 1. The molecule has 0 radical (unpaired) electrons. The monoisotopic (exact) mass is 339 g/mol. The van der Waals surface area contributed by atoms with Crippen LogP contribution in [0.3, 0.4) is 0 Å². The van der Waals surface area contributed by atoms with Gasteiger partial charge in [-0.25, -0.2) is 0 Å². The molecule has 20 heavy (non-hydrogen) atoms. The summed E-state index contributed by atoms with van der Waals surface area (Å²) in [6, 6.07) is 7.18. The third kappa shape index (κ3) is 2.33. The standard InChI is InChI=1S/C14H14BrNO4/c15-7-1-3-8(4-2-7)16-13(17)11-9-5-6-10(20-9)12(11)14(18)19/h1-4,9-12H,5-6H2,(H,16,17)(H,18,19)/t9-,10+,11?,12?/m1/s1. The molecule has 0 spiro atoms. The third-order valence-electron chi connectivity index (χ3n) is 3.97. The first-order valence-corrected chi connectivity index (χ1v) is 7.30. The van der Waals surface area contributed by atoms with E-state index in [-0.39, 0.29) is 18.1 Å². The Balaban J connectivity index is 1.76. The molecule has 2 aliphatic heterocycles. The number of hydrogen-bond donors (Lipinski definition) is 2. The zero-order chi connectivity index (χ0) is 14.3. The highest BCUT2D eigenvalue weighted by molar-refractivity contribution is 9.10. The predicted molar refractivity (Wildman–Crippen MR) is 75.3 cm³/mol. The summed E-state index contributed by atoms with van der Waals surface area (Å²) in [5, 5.41) is 12.1. The topological polar surface area (TPSA) is 75.6 Å². The average molecular weight is 340 g/mol. The minimum atomic E-state index is -0.951. The smallest absolute Gasteiger partial charge is 0.310 e. The number of nitrogens with one attached hydrogen (secondary N) is 1. The summed E-state index contributed by atoms with van der Waals surface area (Å²) in [5.41, 5.74) is 0.658. The van der Waals surface area contributed by atoms with Gasteiger partial charge in [-0.15, -0.1) is 0 Å². The van der Waals surface area contributed by atoms with Gasteiger partial charge in [0.25, 0.3) is 0 Å². The van der Waals surface area contributed by atoms with Gasteiger partial charge in [0.05, 0.1) is 24.0 Å². The molecule has 1 aromatic rings. The Kier molecular flexibility index (Phi) is 3.52. The minimum Gasteiger partial charge on any atom is -0.481 e. The predicted octanol–water partition coefficient (Wildman–Crippen LogP) is 2.27. The fourth-order valence-corrected chi connectivity index (χ4v) is 3.35. The Morgan fingerprint density at radius 2 is 1.75 bits per heavy atom. The molecule has 4 atom stereocenters. The number of amides is 1. The van der Waals surface area contributed by atoms with Gasteiger partial charge in [-0.1, -0.05) is 15.9 Å². The van der Waals surface area contributed by atoms with E-state index in [2.05, 4.69) is 21.2 Å². The number of anilines is 1. The van der Waals surface area contributed by atoms with Gasteiger partial charge in [-0.2, -0.15) is 0 Å². The summed E-state index contributed by atoms with van der Waals surface area (Å²) < 4.78 is 6.51. The Labute approximate surface area is 124 Å². The van der Waals surface area contributed by atoms with Gasteiger partial charge in [0.2, 0.25) is 5.91 Å². The van der Waals surface area contributed by atoms with Gasteiger partial charge < -0.3 is 15.2 Å². The van der Waals surface area contributed by atoms with Crippen molar-refractivity contribution in [1.29, 1.82) is 0 Å². The zero-order valence-corrected chi connectivity index (χ0v) is 12.2. The maximum absolute atomic E-state index is 12.3. The first-order chi connectivity index (χ1) is 9.56. The van der Waals surface area contributed by atoms with Gasteiger partial charge in [0.1, 0.15) is 0 Å². The van der Waals surface area contributed by atoms with Crippen LogP contribution in [0.15, 0.2) is 28.7 Å². The van der Waals surface area contributed by atoms with Crippen molar-refractivity contribution in [3.63, 3.8) is 0 Å². The van der Waals surface area contributed by atoms with E-state index >= 15 is 0 Å². The molecule has 2 heterocycles. The van der Waals surface area contributed by atoms with Crippen LogP contribution in [0.2, 0.25) is 0 Å². The Bertz CT molecular complexity index is 545. The van der Waals surface area contributed by atoms with Crippen molar-refractivity contribution in [3.8, 4) is 0 Å². The molecule has 2 aliphatic rings. The molecule has 3 rings (SSSR count). The number of rotatable bonds is 3. The van der Waals surface area contributed by atoms with Crippen molar-refractivity contribution in [3.05, 3.63) is 28.7 Å². The summed E-state index contributed by atoms with van der Waals surface area (Å²) in [6.45, 7) is 0. The van der Waals surface area contributed by atoms with Gasteiger partial charge in [0, 0.05) is 10.2 Å². The van der Waals surface area contributed by atoms with Crippen LogP contribution in [-0.2, 0) is 14.3 Å². The van der Waals surface area contributed by atoms with Crippen LogP contribution in [0.5, 0.6) is 0 Å². The number of carboxylic acid groups (broad SMARTS) is 1. The highest BCUT2D eigenvalue weighted by Crippen LogP contribution is 2.44. The largest absolute Gasteiger partial charge is 0.481 e. The average Bonchev–Trinajstić information content (AvgIpc) is 3.01. The van der Waals surface area contributed by atoms with Crippen molar-refractivity contribution in [2.75, 3.05) is 5.32 Å². The number of ether oxygens (including phenoxy) is 1. The van der Waals surface area contributed by atoms with E-state index in [4.69, 9.17) is 4.74 Å². The van der Waals surface area contributed by atoms with E-state index in [1.807, 2.05) is 12.1 Å². The van der Waals surface area contributed by atoms with Crippen LogP contribution in [0.1, 0.15) is 12.8 Å². The van der Waals surface area contributed by atoms with E-state index < -0.39 is 17.8 Å². The summed E-state index contributed by atoms with van der Waals surface area (Å²) in [4.78, 5) is 23.7. The van der Waals surface area contributed by atoms with Crippen molar-refractivity contribution >= 4 is 33.5 Å².